The number of amides is 1. The van der Waals surface area contributed by atoms with Crippen LogP contribution in [0, 0.1) is 6.92 Å². The van der Waals surface area contributed by atoms with Gasteiger partial charge >= 0.3 is 0 Å². The third kappa shape index (κ3) is 3.98. The first kappa shape index (κ1) is 17.4. The molecule has 0 saturated heterocycles. The number of hydrogen-bond donors (Lipinski definition) is 2. The Labute approximate surface area is 151 Å². The highest BCUT2D eigenvalue weighted by Crippen LogP contribution is 2.25. The maximum Gasteiger partial charge on any atom is 0.267 e. The molecule has 11 heteroatoms. The van der Waals surface area contributed by atoms with E-state index in [0.717, 1.165) is 11.3 Å². The van der Waals surface area contributed by atoms with Crippen molar-refractivity contribution in [1.29, 1.82) is 0 Å². The number of thiophene rings is 1. The molecule has 0 aliphatic rings. The molecule has 0 atom stereocenters. The van der Waals surface area contributed by atoms with Crippen molar-refractivity contribution in [3.63, 3.8) is 0 Å². The fourth-order valence-corrected chi connectivity index (χ4v) is 4.31. The minimum Gasteiger partial charge on any atom is -0.360 e. The lowest BCUT2D eigenvalue weighted by Gasteiger charge is -2.07. The molecule has 3 aromatic heterocycles. The van der Waals surface area contributed by atoms with Crippen molar-refractivity contribution in [3.8, 4) is 0 Å². The van der Waals surface area contributed by atoms with E-state index in [-0.39, 0.29) is 26.4 Å². The number of nitrogens with one attached hydrogen (secondary N) is 2. The summed E-state index contributed by atoms with van der Waals surface area (Å²) in [5, 5.41) is 7.56. The summed E-state index contributed by atoms with van der Waals surface area (Å²) in [5.74, 6) is 0.307. The Morgan fingerprint density at radius 3 is 2.84 bits per heavy atom. The molecular formula is C14H11ClN4O4S2. The fourth-order valence-electron chi connectivity index (χ4n) is 1.85. The number of anilines is 2. The third-order valence-corrected chi connectivity index (χ3v) is 5.71. The first-order valence-corrected chi connectivity index (χ1v) is 9.56. The lowest BCUT2D eigenvalue weighted by Crippen LogP contribution is -2.13. The number of sulfonamides is 1. The van der Waals surface area contributed by atoms with Crippen LogP contribution in [0.15, 0.2) is 45.3 Å². The highest BCUT2D eigenvalue weighted by atomic mass is 35.5. The average Bonchev–Trinajstić information content (AvgIpc) is 3.19. The Balaban J connectivity index is 1.78. The quantitative estimate of drug-likeness (QED) is 0.638. The van der Waals surface area contributed by atoms with Gasteiger partial charge in [-0.15, -0.1) is 11.3 Å². The Morgan fingerprint density at radius 1 is 1.36 bits per heavy atom. The summed E-state index contributed by atoms with van der Waals surface area (Å²) < 4.78 is 32.0. The van der Waals surface area contributed by atoms with E-state index >= 15 is 0 Å². The molecule has 0 aromatic carbocycles. The zero-order valence-corrected chi connectivity index (χ0v) is 15.1. The van der Waals surface area contributed by atoms with Gasteiger partial charge in [-0.3, -0.25) is 9.52 Å². The molecule has 130 valence electrons. The molecule has 0 fully saturated rings. The van der Waals surface area contributed by atoms with Crippen molar-refractivity contribution in [3.05, 3.63) is 51.6 Å². The number of pyridine rings is 1. The maximum absolute atomic E-state index is 12.4. The lowest BCUT2D eigenvalue weighted by molar-refractivity contribution is 0.102. The molecule has 25 heavy (non-hydrogen) atoms. The van der Waals surface area contributed by atoms with Crippen LogP contribution < -0.4 is 10.0 Å². The van der Waals surface area contributed by atoms with Crippen LogP contribution in [0.5, 0.6) is 0 Å². The fraction of sp³-hybridized carbons (Fsp3) is 0.0714. The van der Waals surface area contributed by atoms with Gasteiger partial charge in [-0.25, -0.2) is 13.4 Å². The molecule has 0 bridgehead atoms. The van der Waals surface area contributed by atoms with Crippen LogP contribution in [0.3, 0.4) is 0 Å². The van der Waals surface area contributed by atoms with E-state index in [4.69, 9.17) is 16.1 Å². The van der Waals surface area contributed by atoms with Crippen LogP contribution in [0.25, 0.3) is 0 Å². The van der Waals surface area contributed by atoms with Crippen LogP contribution in [-0.4, -0.2) is 24.5 Å². The van der Waals surface area contributed by atoms with Crippen molar-refractivity contribution in [2.75, 3.05) is 10.0 Å². The summed E-state index contributed by atoms with van der Waals surface area (Å²) >= 11 is 6.84. The molecule has 2 N–H and O–H groups in total. The minimum absolute atomic E-state index is 0.0284. The molecule has 0 aliphatic heterocycles. The highest BCUT2D eigenvalue weighted by molar-refractivity contribution is 7.92. The molecule has 3 aromatic rings. The number of carbonyl (C=O) groups is 1. The third-order valence-electron chi connectivity index (χ3n) is 2.98. The number of halogens is 1. The van der Waals surface area contributed by atoms with Crippen LogP contribution in [0.4, 0.5) is 11.5 Å². The standard InChI is InChI=1S/C14H11ClN4O4S2/c1-8-5-12(18-23-8)17-14(20)11-6-9(7-24-11)25(21,22)19-10-3-2-4-16-13(10)15/h2-7,19H,1H3,(H,17,18,20). The summed E-state index contributed by atoms with van der Waals surface area (Å²) in [6, 6.07) is 5.85. The molecular weight excluding hydrogens is 388 g/mol. The maximum atomic E-state index is 12.4. The second-order valence-electron chi connectivity index (χ2n) is 4.87. The van der Waals surface area contributed by atoms with Crippen molar-refractivity contribution >= 4 is 50.4 Å². The van der Waals surface area contributed by atoms with Gasteiger partial charge in [0.1, 0.15) is 5.76 Å². The predicted molar refractivity (Wildman–Crippen MR) is 93.6 cm³/mol. The van der Waals surface area contributed by atoms with E-state index in [0.29, 0.717) is 5.76 Å². The van der Waals surface area contributed by atoms with Crippen LogP contribution >= 0.6 is 22.9 Å². The summed E-state index contributed by atoms with van der Waals surface area (Å²) in [7, 11) is -3.90. The summed E-state index contributed by atoms with van der Waals surface area (Å²) in [6.07, 6.45) is 1.44. The molecule has 3 rings (SSSR count). The zero-order chi connectivity index (χ0) is 18.0. The number of carbonyl (C=O) groups excluding carboxylic acids is 1. The lowest BCUT2D eigenvalue weighted by atomic mass is 10.4. The predicted octanol–water partition coefficient (Wildman–Crippen LogP) is 3.15. The average molecular weight is 399 g/mol. The smallest absolute Gasteiger partial charge is 0.267 e. The Kier molecular flexibility index (Phi) is 4.75. The molecule has 0 spiro atoms. The van der Waals surface area contributed by atoms with Crippen molar-refractivity contribution in [2.45, 2.75) is 11.8 Å². The summed E-state index contributed by atoms with van der Waals surface area (Å²) in [4.78, 5) is 16.1. The molecule has 8 nitrogen and oxygen atoms in total. The first-order chi connectivity index (χ1) is 11.8. The molecule has 0 aliphatic carbocycles. The Morgan fingerprint density at radius 2 is 2.16 bits per heavy atom. The van der Waals surface area contributed by atoms with Gasteiger partial charge in [-0.1, -0.05) is 16.8 Å². The second-order valence-corrected chi connectivity index (χ2v) is 7.82. The Hall–Kier alpha value is -2.43. The zero-order valence-electron chi connectivity index (χ0n) is 12.7. The van der Waals surface area contributed by atoms with Gasteiger partial charge in [0.25, 0.3) is 15.9 Å². The summed E-state index contributed by atoms with van der Waals surface area (Å²) in [5.41, 5.74) is 0.152. The number of hydrogen-bond acceptors (Lipinski definition) is 7. The van der Waals surface area contributed by atoms with E-state index < -0.39 is 15.9 Å². The number of aromatic nitrogens is 2. The normalized spacial score (nSPS) is 11.3. The molecule has 3 heterocycles. The van der Waals surface area contributed by atoms with Crippen molar-refractivity contribution in [1.82, 2.24) is 10.1 Å². The number of rotatable bonds is 5. The molecule has 0 saturated carbocycles. The number of nitrogens with zero attached hydrogens (tertiary/aromatic N) is 2. The van der Waals surface area contributed by atoms with E-state index in [9.17, 15) is 13.2 Å². The van der Waals surface area contributed by atoms with Crippen LogP contribution in [-0.2, 0) is 10.0 Å². The largest absolute Gasteiger partial charge is 0.360 e. The van der Waals surface area contributed by atoms with Crippen LogP contribution in [0.2, 0.25) is 5.15 Å². The molecule has 1 amide bonds. The van der Waals surface area contributed by atoms with Gasteiger partial charge in [0.15, 0.2) is 11.0 Å². The highest BCUT2D eigenvalue weighted by Gasteiger charge is 2.20. The molecule has 0 radical (unpaired) electrons. The van der Waals surface area contributed by atoms with Crippen molar-refractivity contribution < 1.29 is 17.7 Å². The van der Waals surface area contributed by atoms with Gasteiger partial charge in [-0.05, 0) is 25.1 Å². The minimum atomic E-state index is -3.90. The van der Waals surface area contributed by atoms with Gasteiger partial charge in [0.05, 0.1) is 15.5 Å². The van der Waals surface area contributed by atoms with E-state index in [2.05, 4.69) is 20.2 Å². The van der Waals surface area contributed by atoms with Gasteiger partial charge in [0.2, 0.25) is 0 Å². The first-order valence-electron chi connectivity index (χ1n) is 6.82. The van der Waals surface area contributed by atoms with E-state index in [1.165, 1.54) is 23.7 Å². The SMILES string of the molecule is Cc1cc(NC(=O)c2cc(S(=O)(=O)Nc3cccnc3Cl)cs2)no1. The van der Waals surface area contributed by atoms with Crippen molar-refractivity contribution in [2.24, 2.45) is 0 Å². The van der Waals surface area contributed by atoms with Gasteiger partial charge in [-0.2, -0.15) is 0 Å². The molecule has 0 unspecified atom stereocenters. The second kappa shape index (κ2) is 6.82. The van der Waals surface area contributed by atoms with Gasteiger partial charge < -0.3 is 9.84 Å². The summed E-state index contributed by atoms with van der Waals surface area (Å²) in [6.45, 7) is 1.69. The van der Waals surface area contributed by atoms with Gasteiger partial charge in [0, 0.05) is 17.6 Å². The Bertz CT molecular complexity index is 1030. The van der Waals surface area contributed by atoms with Crippen LogP contribution in [0.1, 0.15) is 15.4 Å². The number of aryl methyl sites for hydroxylation is 1. The van der Waals surface area contributed by atoms with E-state index in [1.54, 1.807) is 19.1 Å². The monoisotopic (exact) mass is 398 g/mol. The topological polar surface area (TPSA) is 114 Å². The van der Waals surface area contributed by atoms with E-state index in [1.807, 2.05) is 0 Å².